The first-order valence-electron chi connectivity index (χ1n) is 7.84. The molecule has 1 aromatic heterocycles. The highest BCUT2D eigenvalue weighted by Gasteiger charge is 2.25. The first kappa shape index (κ1) is 16.9. The van der Waals surface area contributed by atoms with E-state index in [-0.39, 0.29) is 11.5 Å². The molecule has 0 saturated carbocycles. The summed E-state index contributed by atoms with van der Waals surface area (Å²) in [6.07, 6.45) is 4.48. The fourth-order valence-electron chi connectivity index (χ4n) is 2.45. The molecule has 1 aliphatic rings. The molecule has 1 atom stereocenters. The number of nitrogens with one attached hydrogen (secondary N) is 1. The molecule has 0 aromatic carbocycles. The van der Waals surface area contributed by atoms with E-state index >= 15 is 0 Å². The van der Waals surface area contributed by atoms with Crippen LogP contribution in [-0.2, 0) is 16.6 Å². The maximum Gasteiger partial charge on any atom is 0.143 e. The highest BCUT2D eigenvalue weighted by molar-refractivity contribution is 14.1. The van der Waals surface area contributed by atoms with Crippen molar-refractivity contribution in [2.24, 2.45) is 0 Å². The number of halogens is 1. The average Bonchev–Trinajstić information content (AvgIpc) is 2.90. The highest BCUT2D eigenvalue weighted by Crippen LogP contribution is 2.30. The van der Waals surface area contributed by atoms with E-state index in [1.54, 1.807) is 0 Å². The quantitative estimate of drug-likeness (QED) is 0.758. The van der Waals surface area contributed by atoms with E-state index in [1.807, 2.05) is 0 Å². The molecule has 1 fully saturated rings. The van der Waals surface area contributed by atoms with Gasteiger partial charge in [0.2, 0.25) is 0 Å². The van der Waals surface area contributed by atoms with Gasteiger partial charge >= 0.3 is 0 Å². The maximum atomic E-state index is 5.73. The van der Waals surface area contributed by atoms with Crippen LogP contribution in [0.25, 0.3) is 0 Å². The fraction of sp³-hybridized carbons (Fsp3) is 0.750. The van der Waals surface area contributed by atoms with Crippen LogP contribution in [0, 0.1) is 3.57 Å². The van der Waals surface area contributed by atoms with Gasteiger partial charge in [0.1, 0.15) is 11.6 Å². The summed E-state index contributed by atoms with van der Waals surface area (Å²) in [6.45, 7) is 10.6. The molecule has 0 spiro atoms. The Hall–Kier alpha value is -0.430. The van der Waals surface area contributed by atoms with Crippen molar-refractivity contribution >= 4 is 28.4 Å². The number of anilines is 1. The van der Waals surface area contributed by atoms with Gasteiger partial charge in [-0.2, -0.15) is 0 Å². The molecule has 0 aliphatic carbocycles. The van der Waals surface area contributed by atoms with E-state index in [0.29, 0.717) is 0 Å². The van der Waals surface area contributed by atoms with E-state index in [4.69, 9.17) is 14.7 Å². The standard InChI is InChI=1S/C16H26IN3O/c1-5-8-18-15-13(17)14(16(2,3)4)19-12(20-15)10-11-7-6-9-21-11/h11H,5-10H2,1-4H3,(H,18,19,20). The smallest absolute Gasteiger partial charge is 0.143 e. The Kier molecular flexibility index (Phi) is 5.82. The minimum absolute atomic E-state index is 0.0212. The van der Waals surface area contributed by atoms with Crippen LogP contribution in [0.3, 0.4) is 0 Å². The van der Waals surface area contributed by atoms with Gasteiger partial charge in [0.15, 0.2) is 0 Å². The summed E-state index contributed by atoms with van der Waals surface area (Å²) in [5.74, 6) is 1.89. The molecule has 1 N–H and O–H groups in total. The summed E-state index contributed by atoms with van der Waals surface area (Å²) >= 11 is 2.37. The van der Waals surface area contributed by atoms with Crippen molar-refractivity contribution in [3.05, 3.63) is 15.1 Å². The fourth-order valence-corrected chi connectivity index (χ4v) is 3.69. The van der Waals surface area contributed by atoms with Gasteiger partial charge in [0.05, 0.1) is 15.4 Å². The Balaban J connectivity index is 2.30. The third-order valence-corrected chi connectivity index (χ3v) is 4.61. The van der Waals surface area contributed by atoms with Crippen molar-refractivity contribution < 1.29 is 4.74 Å². The van der Waals surface area contributed by atoms with Crippen molar-refractivity contribution in [2.45, 2.75) is 64.9 Å². The van der Waals surface area contributed by atoms with Crippen molar-refractivity contribution in [1.82, 2.24) is 9.97 Å². The molecule has 118 valence electrons. The molecule has 1 saturated heterocycles. The van der Waals surface area contributed by atoms with Crippen LogP contribution in [0.1, 0.15) is 58.5 Å². The molecule has 1 aliphatic heterocycles. The Bertz CT molecular complexity index is 479. The lowest BCUT2D eigenvalue weighted by Crippen LogP contribution is -2.22. The molecule has 1 unspecified atom stereocenters. The molecule has 5 heteroatoms. The van der Waals surface area contributed by atoms with Gasteiger partial charge in [-0.1, -0.05) is 27.7 Å². The lowest BCUT2D eigenvalue weighted by molar-refractivity contribution is 0.110. The van der Waals surface area contributed by atoms with E-state index < -0.39 is 0 Å². The number of nitrogens with zero attached hydrogens (tertiary/aromatic N) is 2. The number of ether oxygens (including phenoxy) is 1. The predicted octanol–water partition coefficient (Wildman–Crippen LogP) is 3.92. The summed E-state index contributed by atoms with van der Waals surface area (Å²) < 4.78 is 6.87. The Morgan fingerprint density at radius 2 is 2.10 bits per heavy atom. The zero-order chi connectivity index (χ0) is 15.5. The van der Waals surface area contributed by atoms with Gasteiger partial charge in [-0.05, 0) is 41.9 Å². The van der Waals surface area contributed by atoms with Crippen LogP contribution in [0.5, 0.6) is 0 Å². The minimum atomic E-state index is 0.0212. The number of rotatable bonds is 5. The van der Waals surface area contributed by atoms with Crippen LogP contribution in [0.4, 0.5) is 5.82 Å². The van der Waals surface area contributed by atoms with Gasteiger partial charge in [-0.3, -0.25) is 0 Å². The van der Waals surface area contributed by atoms with Gasteiger partial charge in [-0.15, -0.1) is 0 Å². The van der Waals surface area contributed by atoms with Gasteiger partial charge in [0.25, 0.3) is 0 Å². The Labute approximate surface area is 141 Å². The second-order valence-electron chi connectivity index (χ2n) is 6.67. The minimum Gasteiger partial charge on any atom is -0.378 e. The first-order valence-corrected chi connectivity index (χ1v) is 8.92. The second-order valence-corrected chi connectivity index (χ2v) is 7.75. The number of hydrogen-bond acceptors (Lipinski definition) is 4. The highest BCUT2D eigenvalue weighted by atomic mass is 127. The third-order valence-electron chi connectivity index (χ3n) is 3.58. The number of hydrogen-bond donors (Lipinski definition) is 1. The lowest BCUT2D eigenvalue weighted by atomic mass is 9.91. The molecule has 0 amide bonds. The van der Waals surface area contributed by atoms with Crippen molar-refractivity contribution in [1.29, 1.82) is 0 Å². The van der Waals surface area contributed by atoms with E-state index in [9.17, 15) is 0 Å². The summed E-state index contributed by atoms with van der Waals surface area (Å²) in [6, 6.07) is 0. The van der Waals surface area contributed by atoms with Gasteiger partial charge in [0, 0.05) is 25.0 Å². The predicted molar refractivity (Wildman–Crippen MR) is 94.9 cm³/mol. The SMILES string of the molecule is CCCNc1nc(CC2CCCO2)nc(C(C)(C)C)c1I. The average molecular weight is 403 g/mol. The zero-order valence-corrected chi connectivity index (χ0v) is 15.7. The Morgan fingerprint density at radius 1 is 1.33 bits per heavy atom. The molecule has 1 aromatic rings. The summed E-state index contributed by atoms with van der Waals surface area (Å²) in [7, 11) is 0. The number of aromatic nitrogens is 2. The van der Waals surface area contributed by atoms with Gasteiger partial charge < -0.3 is 10.1 Å². The lowest BCUT2D eigenvalue weighted by Gasteiger charge is -2.22. The van der Waals surface area contributed by atoms with Crippen LogP contribution in [-0.4, -0.2) is 29.2 Å². The summed E-state index contributed by atoms with van der Waals surface area (Å²) in [5, 5.41) is 3.44. The van der Waals surface area contributed by atoms with Crippen molar-refractivity contribution in [2.75, 3.05) is 18.5 Å². The normalized spacial score (nSPS) is 19.0. The molecule has 2 heterocycles. The molecule has 0 bridgehead atoms. The first-order chi connectivity index (χ1) is 9.91. The van der Waals surface area contributed by atoms with Crippen LogP contribution < -0.4 is 5.32 Å². The molecule has 2 rings (SSSR count). The van der Waals surface area contributed by atoms with Crippen LogP contribution >= 0.6 is 22.6 Å². The zero-order valence-electron chi connectivity index (χ0n) is 13.5. The maximum absolute atomic E-state index is 5.73. The van der Waals surface area contributed by atoms with E-state index in [2.05, 4.69) is 55.6 Å². The van der Waals surface area contributed by atoms with E-state index in [1.165, 1.54) is 0 Å². The molecular weight excluding hydrogens is 377 g/mol. The summed E-state index contributed by atoms with van der Waals surface area (Å²) in [5.41, 5.74) is 1.15. The monoisotopic (exact) mass is 403 g/mol. The van der Waals surface area contributed by atoms with Crippen molar-refractivity contribution in [3.63, 3.8) is 0 Å². The second kappa shape index (κ2) is 7.22. The largest absolute Gasteiger partial charge is 0.378 e. The Morgan fingerprint density at radius 3 is 2.67 bits per heavy atom. The molecule has 21 heavy (non-hydrogen) atoms. The van der Waals surface area contributed by atoms with Gasteiger partial charge in [-0.25, -0.2) is 9.97 Å². The molecule has 0 radical (unpaired) electrons. The third kappa shape index (κ3) is 4.52. The topological polar surface area (TPSA) is 47.0 Å². The van der Waals surface area contributed by atoms with E-state index in [0.717, 1.165) is 59.7 Å². The van der Waals surface area contributed by atoms with Crippen LogP contribution in [0.2, 0.25) is 0 Å². The van der Waals surface area contributed by atoms with Crippen molar-refractivity contribution in [3.8, 4) is 0 Å². The molecule has 4 nitrogen and oxygen atoms in total. The summed E-state index contributed by atoms with van der Waals surface area (Å²) in [4.78, 5) is 9.57. The van der Waals surface area contributed by atoms with Crippen LogP contribution in [0.15, 0.2) is 0 Å². The molecular formula is C16H26IN3O.